The van der Waals surface area contributed by atoms with E-state index in [1.54, 1.807) is 13.3 Å². The molecule has 0 aliphatic rings. The Morgan fingerprint density at radius 2 is 1.89 bits per heavy atom. The molecule has 3 aromatic rings. The lowest BCUT2D eigenvalue weighted by molar-refractivity contribution is 0.570. The SMILES string of the molecule is CN=C(NCCc1ccc(F)cc1F)NCc1coc(-c2ccc(C)cc2)n1. The van der Waals surface area contributed by atoms with Crippen molar-refractivity contribution in [3.8, 4) is 11.5 Å². The first-order chi connectivity index (χ1) is 13.5. The largest absolute Gasteiger partial charge is 0.444 e. The second-order valence-electron chi connectivity index (χ2n) is 6.35. The van der Waals surface area contributed by atoms with Crippen LogP contribution >= 0.6 is 0 Å². The molecule has 7 heteroatoms. The van der Waals surface area contributed by atoms with Crippen molar-refractivity contribution in [2.24, 2.45) is 4.99 Å². The average Bonchev–Trinajstić information content (AvgIpc) is 3.15. The Kier molecular flexibility index (Phi) is 6.37. The number of hydrogen-bond acceptors (Lipinski definition) is 3. The van der Waals surface area contributed by atoms with Crippen molar-refractivity contribution in [1.29, 1.82) is 0 Å². The van der Waals surface area contributed by atoms with Crippen molar-refractivity contribution in [3.63, 3.8) is 0 Å². The molecule has 0 aliphatic heterocycles. The maximum Gasteiger partial charge on any atom is 0.226 e. The number of guanidine groups is 1. The van der Waals surface area contributed by atoms with E-state index in [4.69, 9.17) is 4.42 Å². The number of rotatable bonds is 6. The average molecular weight is 384 g/mol. The van der Waals surface area contributed by atoms with Crippen molar-refractivity contribution in [3.05, 3.63) is 77.2 Å². The molecule has 0 spiro atoms. The van der Waals surface area contributed by atoms with Gasteiger partial charge in [0, 0.05) is 25.2 Å². The van der Waals surface area contributed by atoms with E-state index >= 15 is 0 Å². The van der Waals surface area contributed by atoms with Crippen LogP contribution in [0.3, 0.4) is 0 Å². The number of aliphatic imine (C=N–C) groups is 1. The third kappa shape index (κ3) is 5.16. The highest BCUT2D eigenvalue weighted by Gasteiger charge is 2.08. The van der Waals surface area contributed by atoms with Gasteiger partial charge in [-0.1, -0.05) is 23.8 Å². The fourth-order valence-electron chi connectivity index (χ4n) is 2.65. The Bertz CT molecular complexity index is 951. The van der Waals surface area contributed by atoms with E-state index in [0.717, 1.165) is 17.3 Å². The standard InChI is InChI=1S/C21H22F2N4O/c1-14-3-5-16(6-4-14)20-27-18(13-28-20)12-26-21(24-2)25-10-9-15-7-8-17(22)11-19(15)23/h3-8,11,13H,9-10,12H2,1-2H3,(H2,24,25,26). The third-order valence-corrected chi connectivity index (χ3v) is 4.21. The lowest BCUT2D eigenvalue weighted by Gasteiger charge is -2.11. The lowest BCUT2D eigenvalue weighted by Crippen LogP contribution is -2.38. The highest BCUT2D eigenvalue weighted by Crippen LogP contribution is 2.19. The van der Waals surface area contributed by atoms with Crippen LogP contribution in [0.4, 0.5) is 8.78 Å². The van der Waals surface area contributed by atoms with E-state index in [1.807, 2.05) is 31.2 Å². The molecule has 0 fully saturated rings. The van der Waals surface area contributed by atoms with Gasteiger partial charge >= 0.3 is 0 Å². The van der Waals surface area contributed by atoms with Crippen LogP contribution in [-0.2, 0) is 13.0 Å². The summed E-state index contributed by atoms with van der Waals surface area (Å²) in [5.41, 5.74) is 3.28. The second kappa shape index (κ2) is 9.12. The minimum Gasteiger partial charge on any atom is -0.444 e. The zero-order chi connectivity index (χ0) is 19.9. The summed E-state index contributed by atoms with van der Waals surface area (Å²) >= 11 is 0. The zero-order valence-corrected chi connectivity index (χ0v) is 15.8. The van der Waals surface area contributed by atoms with E-state index in [9.17, 15) is 8.78 Å². The molecule has 28 heavy (non-hydrogen) atoms. The summed E-state index contributed by atoms with van der Waals surface area (Å²) in [4.78, 5) is 8.59. The molecule has 3 rings (SSSR count). The molecule has 0 unspecified atom stereocenters. The highest BCUT2D eigenvalue weighted by molar-refractivity contribution is 5.79. The number of hydrogen-bond donors (Lipinski definition) is 2. The molecule has 0 amide bonds. The Labute approximate surface area is 162 Å². The molecule has 2 aromatic carbocycles. The number of oxazole rings is 1. The minimum absolute atomic E-state index is 0.411. The fourth-order valence-corrected chi connectivity index (χ4v) is 2.65. The first-order valence-corrected chi connectivity index (χ1v) is 8.95. The van der Waals surface area contributed by atoms with E-state index < -0.39 is 11.6 Å². The topological polar surface area (TPSA) is 62.5 Å². The molecule has 5 nitrogen and oxygen atoms in total. The van der Waals surface area contributed by atoms with Gasteiger partial charge in [-0.05, 0) is 37.1 Å². The van der Waals surface area contributed by atoms with Crippen molar-refractivity contribution < 1.29 is 13.2 Å². The van der Waals surface area contributed by atoms with Crippen LogP contribution in [0.2, 0.25) is 0 Å². The number of aromatic nitrogens is 1. The summed E-state index contributed by atoms with van der Waals surface area (Å²) in [7, 11) is 1.65. The number of benzene rings is 2. The van der Waals surface area contributed by atoms with Crippen molar-refractivity contribution in [2.45, 2.75) is 19.9 Å². The van der Waals surface area contributed by atoms with Gasteiger partial charge in [0.1, 0.15) is 17.9 Å². The van der Waals surface area contributed by atoms with Crippen molar-refractivity contribution in [2.75, 3.05) is 13.6 Å². The van der Waals surface area contributed by atoms with Gasteiger partial charge in [-0.25, -0.2) is 13.8 Å². The summed E-state index contributed by atoms with van der Waals surface area (Å²) in [5, 5.41) is 6.23. The van der Waals surface area contributed by atoms with Crippen molar-refractivity contribution in [1.82, 2.24) is 15.6 Å². The second-order valence-corrected chi connectivity index (χ2v) is 6.35. The molecule has 1 aromatic heterocycles. The van der Waals surface area contributed by atoms with Gasteiger partial charge in [0.2, 0.25) is 5.89 Å². The molecule has 0 saturated heterocycles. The van der Waals surface area contributed by atoms with Crippen molar-refractivity contribution >= 4 is 5.96 Å². The van der Waals surface area contributed by atoms with Crippen LogP contribution in [0, 0.1) is 18.6 Å². The number of aryl methyl sites for hydroxylation is 1. The molecule has 2 N–H and O–H groups in total. The van der Waals surface area contributed by atoms with Gasteiger partial charge in [0.25, 0.3) is 0 Å². The number of nitrogens with one attached hydrogen (secondary N) is 2. The summed E-state index contributed by atoms with van der Waals surface area (Å²) < 4.78 is 32.1. The monoisotopic (exact) mass is 384 g/mol. The molecule has 0 saturated carbocycles. The zero-order valence-electron chi connectivity index (χ0n) is 15.8. The highest BCUT2D eigenvalue weighted by atomic mass is 19.1. The van der Waals surface area contributed by atoms with Crippen LogP contribution < -0.4 is 10.6 Å². The fraction of sp³-hybridized carbons (Fsp3) is 0.238. The molecular formula is C21H22F2N4O. The summed E-state index contributed by atoms with van der Waals surface area (Å²) in [5.74, 6) is -0.00535. The third-order valence-electron chi connectivity index (χ3n) is 4.21. The summed E-state index contributed by atoms with van der Waals surface area (Å²) in [6.45, 7) is 2.91. The van der Waals surface area contributed by atoms with Gasteiger partial charge in [-0.15, -0.1) is 0 Å². The molecule has 0 atom stereocenters. The predicted octanol–water partition coefficient (Wildman–Crippen LogP) is 3.84. The van der Waals surface area contributed by atoms with Gasteiger partial charge in [-0.3, -0.25) is 4.99 Å². The van der Waals surface area contributed by atoms with Gasteiger partial charge in [0.05, 0.1) is 12.2 Å². The van der Waals surface area contributed by atoms with Crippen LogP contribution in [0.5, 0.6) is 0 Å². The van der Waals surface area contributed by atoms with Crippen LogP contribution in [-0.4, -0.2) is 24.5 Å². The molecule has 1 heterocycles. The first-order valence-electron chi connectivity index (χ1n) is 8.95. The van der Waals surface area contributed by atoms with Crippen LogP contribution in [0.1, 0.15) is 16.8 Å². The summed E-state index contributed by atoms with van der Waals surface area (Å²) in [6, 6.07) is 11.5. The molecule has 0 radical (unpaired) electrons. The molecular weight excluding hydrogens is 362 g/mol. The van der Waals surface area contributed by atoms with E-state index in [1.165, 1.54) is 17.7 Å². The lowest BCUT2D eigenvalue weighted by atomic mass is 10.1. The van der Waals surface area contributed by atoms with Gasteiger partial charge in [-0.2, -0.15) is 0 Å². The van der Waals surface area contributed by atoms with Gasteiger partial charge in [0.15, 0.2) is 5.96 Å². The van der Waals surface area contributed by atoms with Crippen LogP contribution in [0.25, 0.3) is 11.5 Å². The molecule has 0 aliphatic carbocycles. The minimum atomic E-state index is -0.579. The predicted molar refractivity (Wildman–Crippen MR) is 105 cm³/mol. The van der Waals surface area contributed by atoms with E-state index in [2.05, 4.69) is 20.6 Å². The molecule has 0 bridgehead atoms. The molecule has 146 valence electrons. The Balaban J connectivity index is 1.49. The van der Waals surface area contributed by atoms with E-state index in [-0.39, 0.29) is 0 Å². The number of nitrogens with zero attached hydrogens (tertiary/aromatic N) is 2. The first kappa shape index (κ1) is 19.5. The Morgan fingerprint density at radius 1 is 1.11 bits per heavy atom. The normalized spacial score (nSPS) is 11.5. The Morgan fingerprint density at radius 3 is 2.61 bits per heavy atom. The summed E-state index contributed by atoms with van der Waals surface area (Å²) in [6.07, 6.45) is 2.01. The smallest absolute Gasteiger partial charge is 0.226 e. The quantitative estimate of drug-likeness (QED) is 0.501. The van der Waals surface area contributed by atoms with E-state index in [0.29, 0.717) is 36.9 Å². The van der Waals surface area contributed by atoms with Gasteiger partial charge < -0.3 is 15.1 Å². The maximum atomic E-state index is 13.7. The van der Waals surface area contributed by atoms with Crippen LogP contribution in [0.15, 0.2) is 58.1 Å². The number of halogens is 2. The Hall–Kier alpha value is -3.22. The maximum absolute atomic E-state index is 13.7.